The summed E-state index contributed by atoms with van der Waals surface area (Å²) in [6.45, 7) is 6.10. The maximum absolute atomic E-state index is 12.6. The van der Waals surface area contributed by atoms with E-state index in [-0.39, 0.29) is 17.8 Å². The Kier molecular flexibility index (Phi) is 7.83. The number of furan rings is 1. The minimum Gasteiger partial charge on any atom is -0.459 e. The quantitative estimate of drug-likeness (QED) is 0.190. The number of anilines is 1. The molecule has 0 aliphatic heterocycles. The van der Waals surface area contributed by atoms with Gasteiger partial charge in [0.1, 0.15) is 5.58 Å². The molecule has 0 unspecified atom stereocenters. The van der Waals surface area contributed by atoms with Crippen LogP contribution >= 0.6 is 39.3 Å². The summed E-state index contributed by atoms with van der Waals surface area (Å²) in [6, 6.07) is 12.3. The van der Waals surface area contributed by atoms with Gasteiger partial charge in [0.25, 0.3) is 0 Å². The van der Waals surface area contributed by atoms with Crippen LogP contribution in [0.4, 0.5) is 5.69 Å². The minimum atomic E-state index is -0.483. The molecule has 0 fully saturated rings. The number of aromatic nitrogens is 3. The van der Waals surface area contributed by atoms with Crippen LogP contribution in [0.1, 0.15) is 31.1 Å². The Hall–Kier alpha value is -2.82. The highest BCUT2D eigenvalue weighted by Gasteiger charge is 2.19. The van der Waals surface area contributed by atoms with Crippen LogP contribution in [-0.4, -0.2) is 38.5 Å². The Morgan fingerprint density at radius 1 is 1.20 bits per heavy atom. The second-order valence-electron chi connectivity index (χ2n) is 7.83. The summed E-state index contributed by atoms with van der Waals surface area (Å²) >= 11 is 10.9. The van der Waals surface area contributed by atoms with Gasteiger partial charge in [-0.2, -0.15) is 0 Å². The van der Waals surface area contributed by atoms with E-state index in [9.17, 15) is 9.59 Å². The van der Waals surface area contributed by atoms with E-state index in [1.807, 2.05) is 35.8 Å². The number of halogens is 2. The summed E-state index contributed by atoms with van der Waals surface area (Å²) in [5, 5.41) is 13.1. The number of ether oxygens (including phenoxy) is 1. The third-order valence-electron chi connectivity index (χ3n) is 4.88. The molecule has 0 aliphatic carbocycles. The van der Waals surface area contributed by atoms with Crippen LogP contribution in [0, 0.1) is 0 Å². The van der Waals surface area contributed by atoms with Crippen molar-refractivity contribution >= 4 is 67.8 Å². The molecule has 0 spiro atoms. The van der Waals surface area contributed by atoms with Gasteiger partial charge in [0.05, 0.1) is 28.1 Å². The SMILES string of the molecule is CCn1c(SCC(=O)Nc2cc(C(=O)OC(C)C)ccc2Cl)nnc1-c1cc2cc(Br)ccc2o1. The molecule has 1 N–H and O–H groups in total. The van der Waals surface area contributed by atoms with E-state index in [1.165, 1.54) is 17.8 Å². The third-order valence-corrected chi connectivity index (χ3v) is 6.67. The topological polar surface area (TPSA) is 99.2 Å². The fourth-order valence-corrected chi connectivity index (χ4v) is 4.68. The molecular weight excluding hydrogens is 556 g/mol. The lowest BCUT2D eigenvalue weighted by Crippen LogP contribution is -2.16. The molecule has 2 aromatic heterocycles. The highest BCUT2D eigenvalue weighted by atomic mass is 79.9. The molecule has 0 atom stereocenters. The number of esters is 1. The Morgan fingerprint density at radius 2 is 2.00 bits per heavy atom. The highest BCUT2D eigenvalue weighted by Crippen LogP contribution is 2.31. The smallest absolute Gasteiger partial charge is 0.338 e. The number of amides is 1. The van der Waals surface area contributed by atoms with Crippen molar-refractivity contribution in [2.75, 3.05) is 11.1 Å². The predicted octanol–water partition coefficient (Wildman–Crippen LogP) is 6.42. The molecule has 8 nitrogen and oxygen atoms in total. The van der Waals surface area contributed by atoms with Gasteiger partial charge in [-0.1, -0.05) is 39.3 Å². The van der Waals surface area contributed by atoms with Crippen LogP contribution in [-0.2, 0) is 16.1 Å². The number of benzene rings is 2. The molecule has 4 aromatic rings. The van der Waals surface area contributed by atoms with Crippen LogP contribution in [0.25, 0.3) is 22.6 Å². The molecule has 0 radical (unpaired) electrons. The van der Waals surface area contributed by atoms with E-state index in [4.69, 9.17) is 20.8 Å². The number of hydrogen-bond donors (Lipinski definition) is 1. The first kappa shape index (κ1) is 25.3. The van der Waals surface area contributed by atoms with Crippen LogP contribution in [0.5, 0.6) is 0 Å². The molecule has 11 heteroatoms. The van der Waals surface area contributed by atoms with E-state index in [1.54, 1.807) is 26.0 Å². The van der Waals surface area contributed by atoms with Gasteiger partial charge in [-0.15, -0.1) is 10.2 Å². The number of hydrogen-bond acceptors (Lipinski definition) is 7. The summed E-state index contributed by atoms with van der Waals surface area (Å²) in [5.74, 6) is 0.472. The van der Waals surface area contributed by atoms with Gasteiger partial charge in [0.15, 0.2) is 10.9 Å². The predicted molar refractivity (Wildman–Crippen MR) is 140 cm³/mol. The maximum Gasteiger partial charge on any atom is 0.338 e. The first-order valence-corrected chi connectivity index (χ1v) is 13.0. The number of nitrogens with one attached hydrogen (secondary N) is 1. The number of thioether (sulfide) groups is 1. The number of fused-ring (bicyclic) bond motifs is 1. The number of rotatable bonds is 8. The number of carbonyl (C=O) groups excluding carboxylic acids is 2. The zero-order chi connectivity index (χ0) is 25.1. The van der Waals surface area contributed by atoms with Crippen LogP contribution in [0.3, 0.4) is 0 Å². The van der Waals surface area contributed by atoms with Crippen LogP contribution in [0.15, 0.2) is 56.5 Å². The average Bonchev–Trinajstić information content (AvgIpc) is 3.41. The first-order valence-electron chi connectivity index (χ1n) is 10.8. The van der Waals surface area contributed by atoms with Gasteiger partial charge in [0.2, 0.25) is 11.7 Å². The van der Waals surface area contributed by atoms with E-state index >= 15 is 0 Å². The van der Waals surface area contributed by atoms with Gasteiger partial charge >= 0.3 is 5.97 Å². The molecule has 182 valence electrons. The fraction of sp³-hybridized carbons (Fsp3) is 0.250. The molecular formula is C24H22BrClN4O4S. The van der Waals surface area contributed by atoms with Gasteiger partial charge in [-0.25, -0.2) is 4.79 Å². The van der Waals surface area contributed by atoms with Crippen molar-refractivity contribution in [3.8, 4) is 11.6 Å². The zero-order valence-electron chi connectivity index (χ0n) is 19.2. The molecule has 0 aliphatic rings. The van der Waals surface area contributed by atoms with Crippen molar-refractivity contribution < 1.29 is 18.7 Å². The van der Waals surface area contributed by atoms with Crippen LogP contribution < -0.4 is 5.32 Å². The Balaban J connectivity index is 1.46. The van der Waals surface area contributed by atoms with Crippen molar-refractivity contribution in [3.05, 3.63) is 57.5 Å². The Bertz CT molecular complexity index is 1400. The third kappa shape index (κ3) is 5.88. The van der Waals surface area contributed by atoms with E-state index in [0.29, 0.717) is 39.6 Å². The number of nitrogens with zero attached hydrogens (tertiary/aromatic N) is 3. The van der Waals surface area contributed by atoms with E-state index in [0.717, 1.165) is 15.4 Å². The molecule has 0 saturated carbocycles. The van der Waals surface area contributed by atoms with Crippen LogP contribution in [0.2, 0.25) is 5.02 Å². The average molecular weight is 578 g/mol. The first-order chi connectivity index (χ1) is 16.7. The monoisotopic (exact) mass is 576 g/mol. The van der Waals surface area contributed by atoms with Crippen molar-refractivity contribution in [3.63, 3.8) is 0 Å². The van der Waals surface area contributed by atoms with Gasteiger partial charge in [-0.05, 0) is 63.2 Å². The lowest BCUT2D eigenvalue weighted by molar-refractivity contribution is -0.113. The van der Waals surface area contributed by atoms with E-state index in [2.05, 4.69) is 31.4 Å². The lowest BCUT2D eigenvalue weighted by atomic mass is 10.2. The Labute approximate surface area is 219 Å². The van der Waals surface area contributed by atoms with Crippen molar-refractivity contribution in [2.24, 2.45) is 0 Å². The zero-order valence-corrected chi connectivity index (χ0v) is 22.3. The molecule has 2 heterocycles. The van der Waals surface area contributed by atoms with Gasteiger partial charge < -0.3 is 14.5 Å². The Morgan fingerprint density at radius 3 is 2.74 bits per heavy atom. The largest absolute Gasteiger partial charge is 0.459 e. The normalized spacial score (nSPS) is 11.3. The maximum atomic E-state index is 12.6. The molecule has 0 saturated heterocycles. The van der Waals surface area contributed by atoms with Gasteiger partial charge in [0, 0.05) is 16.4 Å². The standard InChI is InChI=1S/C24H22BrClN4O4S/c1-4-30-22(20-11-15-9-16(25)6-8-19(15)34-20)28-29-24(30)35-12-21(31)27-18-10-14(5-7-17(18)26)23(32)33-13(2)3/h5-11,13H,4,12H2,1-3H3,(H,27,31). The minimum absolute atomic E-state index is 0.0716. The molecule has 1 amide bonds. The molecule has 4 rings (SSSR count). The summed E-state index contributed by atoms with van der Waals surface area (Å²) in [4.78, 5) is 24.8. The summed E-state index contributed by atoms with van der Waals surface area (Å²) in [7, 11) is 0. The van der Waals surface area contributed by atoms with Crippen molar-refractivity contribution in [2.45, 2.75) is 38.6 Å². The summed E-state index contributed by atoms with van der Waals surface area (Å²) in [5.41, 5.74) is 1.39. The second-order valence-corrected chi connectivity index (χ2v) is 10.1. The summed E-state index contributed by atoms with van der Waals surface area (Å²) in [6.07, 6.45) is -0.255. The molecule has 0 bridgehead atoms. The van der Waals surface area contributed by atoms with Crippen molar-refractivity contribution in [1.82, 2.24) is 14.8 Å². The molecule has 2 aromatic carbocycles. The lowest BCUT2D eigenvalue weighted by Gasteiger charge is -2.11. The fourth-order valence-electron chi connectivity index (χ4n) is 3.33. The second kappa shape index (κ2) is 10.8. The highest BCUT2D eigenvalue weighted by molar-refractivity contribution is 9.10. The molecule has 35 heavy (non-hydrogen) atoms. The van der Waals surface area contributed by atoms with E-state index < -0.39 is 5.97 Å². The van der Waals surface area contributed by atoms with Gasteiger partial charge in [-0.3, -0.25) is 9.36 Å². The number of carbonyl (C=O) groups is 2. The van der Waals surface area contributed by atoms with Crippen molar-refractivity contribution in [1.29, 1.82) is 0 Å². The summed E-state index contributed by atoms with van der Waals surface area (Å²) < 4.78 is 14.0.